The molecule has 0 radical (unpaired) electrons. The standard InChI is InChI=1S/C13H20N2O2/c1-10-12(9-14-15(10)2)13(16)7-3-5-11-6-4-8-17-11/h9,11H,3-8H2,1-2H3. The average Bonchev–Trinajstić information content (AvgIpc) is 2.91. The van der Waals surface area contributed by atoms with Crippen LogP contribution in [-0.4, -0.2) is 28.3 Å². The highest BCUT2D eigenvalue weighted by Gasteiger charge is 2.17. The van der Waals surface area contributed by atoms with E-state index < -0.39 is 0 Å². The van der Waals surface area contributed by atoms with Crippen LogP contribution in [0.4, 0.5) is 0 Å². The summed E-state index contributed by atoms with van der Waals surface area (Å²) >= 11 is 0. The SMILES string of the molecule is Cc1c(C(=O)CCCC2CCCO2)cnn1C. The van der Waals surface area contributed by atoms with E-state index in [9.17, 15) is 4.79 Å². The summed E-state index contributed by atoms with van der Waals surface area (Å²) in [5.74, 6) is 0.202. The summed E-state index contributed by atoms with van der Waals surface area (Å²) in [6, 6.07) is 0. The van der Waals surface area contributed by atoms with Crippen molar-refractivity contribution in [3.05, 3.63) is 17.5 Å². The fourth-order valence-corrected chi connectivity index (χ4v) is 2.27. The largest absolute Gasteiger partial charge is 0.378 e. The first-order valence-corrected chi connectivity index (χ1v) is 6.32. The first-order valence-electron chi connectivity index (χ1n) is 6.32. The average molecular weight is 236 g/mol. The van der Waals surface area contributed by atoms with Gasteiger partial charge in [-0.2, -0.15) is 5.10 Å². The van der Waals surface area contributed by atoms with E-state index in [0.29, 0.717) is 12.5 Å². The van der Waals surface area contributed by atoms with Crippen molar-refractivity contribution in [3.8, 4) is 0 Å². The Kier molecular flexibility index (Phi) is 3.94. The van der Waals surface area contributed by atoms with E-state index in [0.717, 1.165) is 37.1 Å². The molecule has 0 spiro atoms. The third-order valence-corrected chi connectivity index (χ3v) is 3.49. The first-order chi connectivity index (χ1) is 8.18. The van der Waals surface area contributed by atoms with Gasteiger partial charge in [0.15, 0.2) is 5.78 Å². The van der Waals surface area contributed by atoms with Crippen LogP contribution in [0, 0.1) is 6.92 Å². The predicted octanol–water partition coefficient (Wildman–Crippen LogP) is 2.26. The number of hydrogen-bond donors (Lipinski definition) is 0. The van der Waals surface area contributed by atoms with E-state index in [2.05, 4.69) is 5.10 Å². The summed E-state index contributed by atoms with van der Waals surface area (Å²) in [6.07, 6.45) is 6.90. The molecule has 1 aromatic rings. The third-order valence-electron chi connectivity index (χ3n) is 3.49. The van der Waals surface area contributed by atoms with Crippen molar-refractivity contribution in [2.24, 2.45) is 7.05 Å². The number of nitrogens with zero attached hydrogens (tertiary/aromatic N) is 2. The summed E-state index contributed by atoms with van der Waals surface area (Å²) < 4.78 is 7.28. The molecule has 1 aromatic heterocycles. The van der Waals surface area contributed by atoms with Crippen LogP contribution in [0.25, 0.3) is 0 Å². The lowest BCUT2D eigenvalue weighted by Crippen LogP contribution is -2.07. The molecule has 2 rings (SSSR count). The number of carbonyl (C=O) groups is 1. The molecule has 17 heavy (non-hydrogen) atoms. The number of ether oxygens (including phenoxy) is 1. The number of hydrogen-bond acceptors (Lipinski definition) is 3. The van der Waals surface area contributed by atoms with Crippen molar-refractivity contribution in [1.29, 1.82) is 0 Å². The van der Waals surface area contributed by atoms with Gasteiger partial charge < -0.3 is 4.74 Å². The Bertz CT molecular complexity index is 392. The van der Waals surface area contributed by atoms with Gasteiger partial charge in [0.25, 0.3) is 0 Å². The topological polar surface area (TPSA) is 44.1 Å². The van der Waals surface area contributed by atoms with Gasteiger partial charge in [-0.1, -0.05) is 0 Å². The molecule has 0 aromatic carbocycles. The summed E-state index contributed by atoms with van der Waals surface area (Å²) in [5, 5.41) is 4.09. The second kappa shape index (κ2) is 5.45. The molecule has 1 unspecified atom stereocenters. The molecule has 0 saturated carbocycles. The molecule has 94 valence electrons. The number of ketones is 1. The maximum atomic E-state index is 12.0. The Morgan fingerprint density at radius 3 is 3.06 bits per heavy atom. The van der Waals surface area contributed by atoms with Gasteiger partial charge in [0, 0.05) is 25.8 Å². The van der Waals surface area contributed by atoms with E-state index >= 15 is 0 Å². The zero-order valence-corrected chi connectivity index (χ0v) is 10.6. The molecule has 4 nitrogen and oxygen atoms in total. The lowest BCUT2D eigenvalue weighted by Gasteiger charge is -2.07. The van der Waals surface area contributed by atoms with Crippen molar-refractivity contribution in [1.82, 2.24) is 9.78 Å². The normalized spacial score (nSPS) is 19.8. The van der Waals surface area contributed by atoms with Crippen molar-refractivity contribution in [2.45, 2.75) is 45.1 Å². The van der Waals surface area contributed by atoms with Gasteiger partial charge in [-0.25, -0.2) is 0 Å². The number of carbonyl (C=O) groups excluding carboxylic acids is 1. The van der Waals surface area contributed by atoms with Crippen LogP contribution in [0.1, 0.15) is 48.2 Å². The molecule has 0 N–H and O–H groups in total. The number of rotatable bonds is 5. The Balaban J connectivity index is 1.79. The summed E-state index contributed by atoms with van der Waals surface area (Å²) in [4.78, 5) is 12.0. The zero-order chi connectivity index (χ0) is 12.3. The highest BCUT2D eigenvalue weighted by atomic mass is 16.5. The van der Waals surface area contributed by atoms with Crippen molar-refractivity contribution >= 4 is 5.78 Å². The Labute approximate surface area is 102 Å². The van der Waals surface area contributed by atoms with E-state index in [1.54, 1.807) is 10.9 Å². The molecule has 0 bridgehead atoms. The van der Waals surface area contributed by atoms with Crippen molar-refractivity contribution in [3.63, 3.8) is 0 Å². The molecule has 4 heteroatoms. The minimum Gasteiger partial charge on any atom is -0.378 e. The van der Waals surface area contributed by atoms with E-state index in [4.69, 9.17) is 4.74 Å². The van der Waals surface area contributed by atoms with Gasteiger partial charge in [-0.3, -0.25) is 9.48 Å². The lowest BCUT2D eigenvalue weighted by molar-refractivity contribution is 0.0922. The summed E-state index contributed by atoms with van der Waals surface area (Å²) in [6.45, 7) is 2.82. The number of Topliss-reactive ketones (excluding diaryl/α,β-unsaturated/α-hetero) is 1. The predicted molar refractivity (Wildman–Crippen MR) is 65.1 cm³/mol. The fourth-order valence-electron chi connectivity index (χ4n) is 2.27. The molecule has 1 aliphatic heterocycles. The maximum absolute atomic E-state index is 12.0. The fraction of sp³-hybridized carbons (Fsp3) is 0.692. The summed E-state index contributed by atoms with van der Waals surface area (Å²) in [7, 11) is 1.86. The molecule has 1 atom stereocenters. The quantitative estimate of drug-likeness (QED) is 0.737. The Hall–Kier alpha value is -1.16. The second-order valence-electron chi connectivity index (χ2n) is 4.72. The molecular formula is C13H20N2O2. The van der Waals surface area contributed by atoms with Crippen LogP contribution in [0.2, 0.25) is 0 Å². The number of aryl methyl sites for hydroxylation is 1. The van der Waals surface area contributed by atoms with Crippen molar-refractivity contribution in [2.75, 3.05) is 6.61 Å². The highest BCUT2D eigenvalue weighted by molar-refractivity contribution is 5.96. The van der Waals surface area contributed by atoms with Gasteiger partial charge in [0.1, 0.15) is 0 Å². The minimum atomic E-state index is 0.202. The minimum absolute atomic E-state index is 0.202. The van der Waals surface area contributed by atoms with Crippen LogP contribution in [-0.2, 0) is 11.8 Å². The Morgan fingerprint density at radius 1 is 1.65 bits per heavy atom. The highest BCUT2D eigenvalue weighted by Crippen LogP contribution is 2.19. The molecule has 1 saturated heterocycles. The Morgan fingerprint density at radius 2 is 2.47 bits per heavy atom. The summed E-state index contributed by atoms with van der Waals surface area (Å²) in [5.41, 5.74) is 1.71. The zero-order valence-electron chi connectivity index (χ0n) is 10.6. The molecular weight excluding hydrogens is 216 g/mol. The molecule has 2 heterocycles. The van der Waals surface area contributed by atoms with Crippen LogP contribution >= 0.6 is 0 Å². The maximum Gasteiger partial charge on any atom is 0.166 e. The van der Waals surface area contributed by atoms with E-state index in [1.165, 1.54) is 6.42 Å². The van der Waals surface area contributed by atoms with E-state index in [1.807, 2.05) is 14.0 Å². The monoisotopic (exact) mass is 236 g/mol. The lowest BCUT2D eigenvalue weighted by atomic mass is 10.0. The van der Waals surface area contributed by atoms with E-state index in [-0.39, 0.29) is 5.78 Å². The molecule has 0 aliphatic carbocycles. The van der Waals surface area contributed by atoms with Gasteiger partial charge in [-0.15, -0.1) is 0 Å². The van der Waals surface area contributed by atoms with Gasteiger partial charge >= 0.3 is 0 Å². The second-order valence-corrected chi connectivity index (χ2v) is 4.72. The van der Waals surface area contributed by atoms with Crippen molar-refractivity contribution < 1.29 is 9.53 Å². The molecule has 1 aliphatic rings. The molecule has 1 fully saturated rings. The molecule has 0 amide bonds. The van der Waals surface area contributed by atoms with Gasteiger partial charge in [-0.05, 0) is 32.6 Å². The van der Waals surface area contributed by atoms with Crippen LogP contribution in [0.5, 0.6) is 0 Å². The van der Waals surface area contributed by atoms with Gasteiger partial charge in [0.05, 0.1) is 17.9 Å². The third kappa shape index (κ3) is 2.94. The van der Waals surface area contributed by atoms with Crippen LogP contribution in [0.3, 0.4) is 0 Å². The number of aromatic nitrogens is 2. The van der Waals surface area contributed by atoms with Crippen LogP contribution in [0.15, 0.2) is 6.20 Å². The van der Waals surface area contributed by atoms with Crippen LogP contribution < -0.4 is 0 Å². The smallest absolute Gasteiger partial charge is 0.166 e. The first kappa shape index (κ1) is 12.3. The van der Waals surface area contributed by atoms with Gasteiger partial charge in [0.2, 0.25) is 0 Å².